The van der Waals surface area contributed by atoms with Crippen LogP contribution in [0.25, 0.3) is 0 Å². The zero-order chi connectivity index (χ0) is 15.6. The number of amides is 1. The summed E-state index contributed by atoms with van der Waals surface area (Å²) in [5.74, 6) is -0.690. The molecule has 0 aliphatic heterocycles. The molecule has 5 nitrogen and oxygen atoms in total. The Hall–Kier alpha value is -1.76. The van der Waals surface area contributed by atoms with Gasteiger partial charge < -0.3 is 5.73 Å². The van der Waals surface area contributed by atoms with E-state index in [9.17, 15) is 13.2 Å². The van der Waals surface area contributed by atoms with Gasteiger partial charge in [0.15, 0.2) is 0 Å². The topological polar surface area (TPSA) is 89.3 Å². The summed E-state index contributed by atoms with van der Waals surface area (Å²) in [5.41, 5.74) is 5.34. The average Bonchev–Trinajstić information content (AvgIpc) is 2.41. The second kappa shape index (κ2) is 5.93. The Bertz CT molecular complexity index is 807. The van der Waals surface area contributed by atoms with Crippen molar-refractivity contribution in [3.63, 3.8) is 0 Å². The molecule has 21 heavy (non-hydrogen) atoms. The lowest BCUT2D eigenvalue weighted by atomic mass is 10.2. The van der Waals surface area contributed by atoms with Crippen molar-refractivity contribution >= 4 is 44.8 Å². The minimum Gasteiger partial charge on any atom is -0.366 e. The van der Waals surface area contributed by atoms with E-state index in [0.29, 0.717) is 0 Å². The van der Waals surface area contributed by atoms with Gasteiger partial charge >= 0.3 is 0 Å². The van der Waals surface area contributed by atoms with Gasteiger partial charge in [-0.05, 0) is 30.3 Å². The lowest BCUT2D eigenvalue weighted by molar-refractivity contribution is 0.100. The van der Waals surface area contributed by atoms with Crippen LogP contribution in [0.2, 0.25) is 10.0 Å². The van der Waals surface area contributed by atoms with Gasteiger partial charge in [-0.25, -0.2) is 8.42 Å². The lowest BCUT2D eigenvalue weighted by Crippen LogP contribution is -2.15. The minimum atomic E-state index is -3.93. The largest absolute Gasteiger partial charge is 0.366 e. The molecule has 0 radical (unpaired) electrons. The second-order valence-corrected chi connectivity index (χ2v) is 6.56. The van der Waals surface area contributed by atoms with E-state index in [-0.39, 0.29) is 26.2 Å². The molecular weight excluding hydrogens is 335 g/mol. The van der Waals surface area contributed by atoms with Crippen LogP contribution in [0, 0.1) is 0 Å². The molecule has 0 unspecified atom stereocenters. The van der Waals surface area contributed by atoms with E-state index >= 15 is 0 Å². The Kier molecular flexibility index (Phi) is 4.41. The summed E-state index contributed by atoms with van der Waals surface area (Å²) < 4.78 is 26.9. The standard InChI is InChI=1S/C13H10Cl2N2O3S/c14-9-6-5-8(13(16)18)7-11(9)17-21(19,20)12-4-2-1-3-10(12)15/h1-7,17H,(H2,16,18). The third kappa shape index (κ3) is 3.47. The first kappa shape index (κ1) is 15.6. The zero-order valence-corrected chi connectivity index (χ0v) is 12.8. The van der Waals surface area contributed by atoms with Gasteiger partial charge in [0.2, 0.25) is 5.91 Å². The number of benzene rings is 2. The molecule has 0 aliphatic carbocycles. The third-order valence-corrected chi connectivity index (χ3v) is 4.82. The van der Waals surface area contributed by atoms with E-state index in [4.69, 9.17) is 28.9 Å². The maximum Gasteiger partial charge on any atom is 0.263 e. The Labute approximate surface area is 131 Å². The number of primary amides is 1. The highest BCUT2D eigenvalue weighted by Gasteiger charge is 2.19. The van der Waals surface area contributed by atoms with Crippen molar-refractivity contribution < 1.29 is 13.2 Å². The molecule has 0 aliphatic rings. The quantitative estimate of drug-likeness (QED) is 0.893. The van der Waals surface area contributed by atoms with Crippen LogP contribution in [-0.4, -0.2) is 14.3 Å². The summed E-state index contributed by atoms with van der Waals surface area (Å²) in [7, 11) is -3.93. The molecule has 1 amide bonds. The van der Waals surface area contributed by atoms with Crippen LogP contribution in [0.4, 0.5) is 5.69 Å². The Morgan fingerprint density at radius 3 is 2.33 bits per heavy atom. The summed E-state index contributed by atoms with van der Waals surface area (Å²) in [4.78, 5) is 11.0. The molecule has 0 saturated heterocycles. The Morgan fingerprint density at radius 2 is 1.71 bits per heavy atom. The van der Waals surface area contributed by atoms with Crippen molar-refractivity contribution in [2.75, 3.05) is 4.72 Å². The predicted octanol–water partition coefficient (Wildman–Crippen LogP) is 2.89. The van der Waals surface area contributed by atoms with Gasteiger partial charge in [0.25, 0.3) is 10.0 Å². The van der Waals surface area contributed by atoms with Crippen molar-refractivity contribution in [2.24, 2.45) is 5.73 Å². The van der Waals surface area contributed by atoms with E-state index in [2.05, 4.69) is 4.72 Å². The van der Waals surface area contributed by atoms with Gasteiger partial charge in [-0.3, -0.25) is 9.52 Å². The van der Waals surface area contributed by atoms with E-state index in [0.717, 1.165) is 0 Å². The fraction of sp³-hybridized carbons (Fsp3) is 0. The number of anilines is 1. The molecule has 0 bridgehead atoms. The highest BCUT2D eigenvalue weighted by Crippen LogP contribution is 2.28. The van der Waals surface area contributed by atoms with Crippen LogP contribution in [0.15, 0.2) is 47.4 Å². The highest BCUT2D eigenvalue weighted by molar-refractivity contribution is 7.92. The van der Waals surface area contributed by atoms with Gasteiger partial charge in [-0.1, -0.05) is 35.3 Å². The van der Waals surface area contributed by atoms with E-state index in [1.165, 1.54) is 30.3 Å². The molecule has 8 heteroatoms. The second-order valence-electron chi connectivity index (χ2n) is 4.09. The van der Waals surface area contributed by atoms with Crippen LogP contribution in [-0.2, 0) is 10.0 Å². The Balaban J connectivity index is 2.44. The van der Waals surface area contributed by atoms with Crippen LogP contribution in [0.1, 0.15) is 10.4 Å². The number of carbonyl (C=O) groups is 1. The van der Waals surface area contributed by atoms with Crippen molar-refractivity contribution in [1.29, 1.82) is 0 Å². The SMILES string of the molecule is NC(=O)c1ccc(Cl)c(NS(=O)(=O)c2ccccc2Cl)c1. The third-order valence-electron chi connectivity index (χ3n) is 2.62. The first-order valence-electron chi connectivity index (χ1n) is 5.68. The maximum absolute atomic E-state index is 12.3. The normalized spacial score (nSPS) is 11.1. The number of hydrogen-bond acceptors (Lipinski definition) is 3. The van der Waals surface area contributed by atoms with Gasteiger partial charge in [-0.2, -0.15) is 0 Å². The summed E-state index contributed by atoms with van der Waals surface area (Å²) in [5, 5.41) is 0.211. The molecule has 3 N–H and O–H groups in total. The number of sulfonamides is 1. The Morgan fingerprint density at radius 1 is 1.05 bits per heavy atom. The molecule has 2 rings (SSSR count). The van der Waals surface area contributed by atoms with Crippen LogP contribution >= 0.6 is 23.2 Å². The monoisotopic (exact) mass is 344 g/mol. The zero-order valence-electron chi connectivity index (χ0n) is 10.5. The molecule has 0 spiro atoms. The maximum atomic E-state index is 12.3. The molecule has 110 valence electrons. The molecule has 0 aromatic heterocycles. The summed E-state index contributed by atoms with van der Waals surface area (Å²) in [6.45, 7) is 0. The first-order valence-corrected chi connectivity index (χ1v) is 7.92. The van der Waals surface area contributed by atoms with Crippen LogP contribution in [0.3, 0.4) is 0 Å². The van der Waals surface area contributed by atoms with Crippen molar-refractivity contribution in [2.45, 2.75) is 4.90 Å². The molecule has 0 heterocycles. The predicted molar refractivity (Wildman–Crippen MR) is 82.2 cm³/mol. The van der Waals surface area contributed by atoms with Gasteiger partial charge in [-0.15, -0.1) is 0 Å². The van der Waals surface area contributed by atoms with E-state index in [1.54, 1.807) is 12.1 Å². The van der Waals surface area contributed by atoms with E-state index in [1.807, 2.05) is 0 Å². The fourth-order valence-electron chi connectivity index (χ4n) is 1.62. The number of nitrogens with two attached hydrogens (primary N) is 1. The molecule has 2 aromatic carbocycles. The highest BCUT2D eigenvalue weighted by atomic mass is 35.5. The number of nitrogens with one attached hydrogen (secondary N) is 1. The van der Waals surface area contributed by atoms with Gasteiger partial charge in [0.1, 0.15) is 4.90 Å². The van der Waals surface area contributed by atoms with Crippen LogP contribution in [0.5, 0.6) is 0 Å². The summed E-state index contributed by atoms with van der Waals surface area (Å²) in [6.07, 6.45) is 0. The van der Waals surface area contributed by atoms with Gasteiger partial charge in [0.05, 0.1) is 15.7 Å². The molecule has 0 saturated carbocycles. The summed E-state index contributed by atoms with van der Waals surface area (Å²) in [6, 6.07) is 10.0. The van der Waals surface area contributed by atoms with Crippen molar-refractivity contribution in [3.05, 3.63) is 58.1 Å². The molecule has 0 fully saturated rings. The average molecular weight is 345 g/mol. The summed E-state index contributed by atoms with van der Waals surface area (Å²) >= 11 is 11.8. The minimum absolute atomic E-state index is 0.0490. The molecular formula is C13H10Cl2N2O3S. The number of rotatable bonds is 4. The van der Waals surface area contributed by atoms with Crippen molar-refractivity contribution in [1.82, 2.24) is 0 Å². The smallest absolute Gasteiger partial charge is 0.263 e. The fourth-order valence-corrected chi connectivity index (χ4v) is 3.43. The number of carbonyl (C=O) groups excluding carboxylic acids is 1. The van der Waals surface area contributed by atoms with Crippen LogP contribution < -0.4 is 10.5 Å². The van der Waals surface area contributed by atoms with E-state index < -0.39 is 15.9 Å². The molecule has 0 atom stereocenters. The number of hydrogen-bond donors (Lipinski definition) is 2. The lowest BCUT2D eigenvalue weighted by Gasteiger charge is -2.11. The van der Waals surface area contributed by atoms with Gasteiger partial charge in [0, 0.05) is 5.56 Å². The molecule has 2 aromatic rings. The first-order chi connectivity index (χ1) is 9.81. The number of halogens is 2. The van der Waals surface area contributed by atoms with Crippen molar-refractivity contribution in [3.8, 4) is 0 Å².